The van der Waals surface area contributed by atoms with E-state index < -0.39 is 11.6 Å². The highest BCUT2D eigenvalue weighted by molar-refractivity contribution is 5.58. The molecule has 4 nitrogen and oxygen atoms in total. The summed E-state index contributed by atoms with van der Waals surface area (Å²) >= 11 is 0. The predicted octanol–water partition coefficient (Wildman–Crippen LogP) is 1.63. The zero-order chi connectivity index (χ0) is 11.7. The minimum atomic E-state index is -0.826. The Morgan fingerprint density at radius 3 is 2.38 bits per heavy atom. The second-order valence-corrected chi connectivity index (χ2v) is 3.19. The van der Waals surface area contributed by atoms with E-state index in [1.807, 2.05) is 0 Å². The molecule has 0 aliphatic carbocycles. The van der Waals surface area contributed by atoms with Crippen LogP contribution in [0.4, 0.5) is 8.78 Å². The van der Waals surface area contributed by atoms with E-state index in [9.17, 15) is 8.78 Å². The van der Waals surface area contributed by atoms with Gasteiger partial charge in [-0.05, 0) is 12.1 Å². The fourth-order valence-electron chi connectivity index (χ4n) is 1.36. The maximum absolute atomic E-state index is 13.6. The SMILES string of the molecule is Cn1cnnc1-c1c(F)cc(C#N)cc1F. The third-order valence-electron chi connectivity index (χ3n) is 2.11. The van der Waals surface area contributed by atoms with Gasteiger partial charge in [-0.25, -0.2) is 8.78 Å². The molecular weight excluding hydrogens is 214 g/mol. The quantitative estimate of drug-likeness (QED) is 0.733. The molecule has 1 aromatic carbocycles. The smallest absolute Gasteiger partial charge is 0.169 e. The number of nitrogens with zero attached hydrogens (tertiary/aromatic N) is 4. The molecule has 0 unspecified atom stereocenters. The molecule has 0 saturated heterocycles. The maximum Gasteiger partial charge on any atom is 0.169 e. The number of halogens is 2. The summed E-state index contributed by atoms with van der Waals surface area (Å²) in [6.07, 6.45) is 1.34. The zero-order valence-electron chi connectivity index (χ0n) is 8.28. The summed E-state index contributed by atoms with van der Waals surface area (Å²) in [5.41, 5.74) is -0.347. The molecule has 0 atom stereocenters. The van der Waals surface area contributed by atoms with Gasteiger partial charge in [-0.1, -0.05) is 0 Å². The Hall–Kier alpha value is -2.29. The van der Waals surface area contributed by atoms with E-state index in [0.717, 1.165) is 12.1 Å². The molecule has 0 saturated carbocycles. The van der Waals surface area contributed by atoms with E-state index >= 15 is 0 Å². The van der Waals surface area contributed by atoms with Crippen LogP contribution in [0, 0.1) is 23.0 Å². The van der Waals surface area contributed by atoms with E-state index in [-0.39, 0.29) is 17.0 Å². The van der Waals surface area contributed by atoms with Crippen molar-refractivity contribution >= 4 is 0 Å². The Labute approximate surface area is 89.8 Å². The average Bonchev–Trinajstić information content (AvgIpc) is 2.64. The number of benzene rings is 1. The molecule has 0 N–H and O–H groups in total. The van der Waals surface area contributed by atoms with Gasteiger partial charge in [-0.2, -0.15) is 5.26 Å². The molecule has 0 amide bonds. The largest absolute Gasteiger partial charge is 0.317 e. The van der Waals surface area contributed by atoms with E-state index in [0.29, 0.717) is 0 Å². The Kier molecular flexibility index (Phi) is 2.37. The average molecular weight is 220 g/mol. The summed E-state index contributed by atoms with van der Waals surface area (Å²) in [5.74, 6) is -1.57. The number of aryl methyl sites for hydroxylation is 1. The molecular formula is C10H6F2N4. The van der Waals surface area contributed by atoms with Crippen molar-refractivity contribution < 1.29 is 8.78 Å². The van der Waals surface area contributed by atoms with Crippen LogP contribution in [0.5, 0.6) is 0 Å². The van der Waals surface area contributed by atoms with Crippen LogP contribution in [0.25, 0.3) is 11.4 Å². The highest BCUT2D eigenvalue weighted by atomic mass is 19.1. The molecule has 0 aliphatic rings. The van der Waals surface area contributed by atoms with Gasteiger partial charge in [-0.3, -0.25) is 0 Å². The molecule has 1 aromatic heterocycles. The van der Waals surface area contributed by atoms with E-state index in [2.05, 4.69) is 10.2 Å². The van der Waals surface area contributed by atoms with Crippen molar-refractivity contribution in [3.63, 3.8) is 0 Å². The van der Waals surface area contributed by atoms with E-state index in [1.54, 1.807) is 13.1 Å². The number of hydrogen-bond donors (Lipinski definition) is 0. The van der Waals surface area contributed by atoms with Gasteiger partial charge in [0.2, 0.25) is 0 Å². The molecule has 0 fully saturated rings. The fourth-order valence-corrected chi connectivity index (χ4v) is 1.36. The topological polar surface area (TPSA) is 54.5 Å². The number of rotatable bonds is 1. The van der Waals surface area contributed by atoms with Gasteiger partial charge in [0.15, 0.2) is 5.82 Å². The lowest BCUT2D eigenvalue weighted by molar-refractivity contribution is 0.585. The second-order valence-electron chi connectivity index (χ2n) is 3.19. The fraction of sp³-hybridized carbons (Fsp3) is 0.100. The summed E-state index contributed by atoms with van der Waals surface area (Å²) in [4.78, 5) is 0. The van der Waals surface area contributed by atoms with Gasteiger partial charge in [0, 0.05) is 7.05 Å². The van der Waals surface area contributed by atoms with Crippen LogP contribution in [0.1, 0.15) is 5.56 Å². The molecule has 80 valence electrons. The van der Waals surface area contributed by atoms with Crippen molar-refractivity contribution in [2.75, 3.05) is 0 Å². The van der Waals surface area contributed by atoms with Crippen molar-refractivity contribution in [1.82, 2.24) is 14.8 Å². The molecule has 6 heteroatoms. The minimum Gasteiger partial charge on any atom is -0.317 e. The highest BCUT2D eigenvalue weighted by Gasteiger charge is 2.17. The third-order valence-corrected chi connectivity index (χ3v) is 2.11. The van der Waals surface area contributed by atoms with E-state index in [4.69, 9.17) is 5.26 Å². The number of hydrogen-bond acceptors (Lipinski definition) is 3. The maximum atomic E-state index is 13.6. The first-order valence-corrected chi connectivity index (χ1v) is 4.37. The Morgan fingerprint density at radius 1 is 1.31 bits per heavy atom. The Bertz CT molecular complexity index is 560. The molecule has 0 bridgehead atoms. The summed E-state index contributed by atoms with van der Waals surface area (Å²) in [5, 5.41) is 15.7. The van der Waals surface area contributed by atoms with Crippen molar-refractivity contribution in [3.05, 3.63) is 35.7 Å². The normalized spacial score (nSPS) is 10.1. The highest BCUT2D eigenvalue weighted by Crippen LogP contribution is 2.24. The molecule has 0 aliphatic heterocycles. The molecule has 16 heavy (non-hydrogen) atoms. The number of nitriles is 1. The molecule has 2 rings (SSSR count). The first-order chi connectivity index (χ1) is 7.63. The van der Waals surface area contributed by atoms with Crippen LogP contribution in [0.3, 0.4) is 0 Å². The summed E-state index contributed by atoms with van der Waals surface area (Å²) < 4.78 is 28.5. The van der Waals surface area contributed by atoms with Gasteiger partial charge < -0.3 is 4.57 Å². The Morgan fingerprint density at radius 2 is 1.94 bits per heavy atom. The van der Waals surface area contributed by atoms with Crippen LogP contribution >= 0.6 is 0 Å². The van der Waals surface area contributed by atoms with Gasteiger partial charge in [0.05, 0.1) is 17.2 Å². The summed E-state index contributed by atoms with van der Waals surface area (Å²) in [7, 11) is 1.58. The molecule has 1 heterocycles. The molecule has 0 radical (unpaired) electrons. The monoisotopic (exact) mass is 220 g/mol. The lowest BCUT2D eigenvalue weighted by Gasteiger charge is -2.04. The van der Waals surface area contributed by atoms with Crippen molar-refractivity contribution in [3.8, 4) is 17.5 Å². The first-order valence-electron chi connectivity index (χ1n) is 4.37. The zero-order valence-corrected chi connectivity index (χ0v) is 8.28. The molecule has 2 aromatic rings. The van der Waals surface area contributed by atoms with Gasteiger partial charge >= 0.3 is 0 Å². The molecule has 0 spiro atoms. The first kappa shape index (κ1) is 10.2. The standard InChI is InChI=1S/C10H6F2N4/c1-16-5-14-15-10(16)9-7(11)2-6(4-13)3-8(9)12/h2-3,5H,1H3. The van der Waals surface area contributed by atoms with Crippen LogP contribution < -0.4 is 0 Å². The lowest BCUT2D eigenvalue weighted by atomic mass is 10.1. The number of aromatic nitrogens is 3. The van der Waals surface area contributed by atoms with Gasteiger partial charge in [0.25, 0.3) is 0 Å². The van der Waals surface area contributed by atoms with Crippen LogP contribution in [-0.4, -0.2) is 14.8 Å². The summed E-state index contributed by atoms with van der Waals surface area (Å²) in [6, 6.07) is 3.60. The van der Waals surface area contributed by atoms with Crippen molar-refractivity contribution in [1.29, 1.82) is 5.26 Å². The van der Waals surface area contributed by atoms with Crippen LogP contribution in [-0.2, 0) is 7.05 Å². The van der Waals surface area contributed by atoms with Gasteiger partial charge in [0.1, 0.15) is 18.0 Å². The second kappa shape index (κ2) is 3.70. The predicted molar refractivity (Wildman–Crippen MR) is 51.1 cm³/mol. The lowest BCUT2D eigenvalue weighted by Crippen LogP contribution is -1.98. The van der Waals surface area contributed by atoms with E-state index in [1.165, 1.54) is 10.9 Å². The summed E-state index contributed by atoms with van der Waals surface area (Å²) in [6.45, 7) is 0. The van der Waals surface area contributed by atoms with Crippen molar-refractivity contribution in [2.24, 2.45) is 7.05 Å². The van der Waals surface area contributed by atoms with Gasteiger partial charge in [-0.15, -0.1) is 10.2 Å². The van der Waals surface area contributed by atoms with Crippen LogP contribution in [0.2, 0.25) is 0 Å². The minimum absolute atomic E-state index is 0.0686. The van der Waals surface area contributed by atoms with Crippen molar-refractivity contribution in [2.45, 2.75) is 0 Å². The Balaban J connectivity index is 2.68. The third kappa shape index (κ3) is 1.52. The van der Waals surface area contributed by atoms with Crippen LogP contribution in [0.15, 0.2) is 18.5 Å².